The van der Waals surface area contributed by atoms with Gasteiger partial charge in [-0.3, -0.25) is 10.1 Å². The number of amides is 1. The highest BCUT2D eigenvalue weighted by molar-refractivity contribution is 7.09. The molecule has 3 rings (SSSR count). The monoisotopic (exact) mass is 362 g/mol. The van der Waals surface area contributed by atoms with E-state index in [0.29, 0.717) is 11.9 Å². The fourth-order valence-electron chi connectivity index (χ4n) is 2.83. The lowest BCUT2D eigenvalue weighted by atomic mass is 9.98. The van der Waals surface area contributed by atoms with Crippen molar-refractivity contribution in [2.24, 2.45) is 7.05 Å². The number of aryl methyl sites for hydroxylation is 1. The lowest BCUT2D eigenvalue weighted by molar-refractivity contribution is -0.115. The summed E-state index contributed by atoms with van der Waals surface area (Å²) in [6, 6.07) is 0. The fourth-order valence-corrected chi connectivity index (χ4v) is 3.74. The molecule has 3 heterocycles. The minimum absolute atomic E-state index is 0.00669. The summed E-state index contributed by atoms with van der Waals surface area (Å²) in [6.07, 6.45) is 2.32. The Kier molecular flexibility index (Phi) is 5.19. The summed E-state index contributed by atoms with van der Waals surface area (Å²) in [7, 11) is 1.81. The largest absolute Gasteiger partial charge is 0.317 e. The number of carbonyl (C=O) groups excluding carboxylic acids is 1. The Hall–Kier alpha value is -1.80. The van der Waals surface area contributed by atoms with Crippen LogP contribution in [-0.2, 0) is 23.7 Å². The van der Waals surface area contributed by atoms with Crippen LogP contribution in [0.25, 0.3) is 0 Å². The summed E-state index contributed by atoms with van der Waals surface area (Å²) in [5, 5.41) is 13.7. The number of aromatic nitrogens is 4. The van der Waals surface area contributed by atoms with E-state index in [1.807, 2.05) is 12.4 Å². The van der Waals surface area contributed by atoms with E-state index in [-0.39, 0.29) is 17.7 Å². The molecule has 1 aliphatic heterocycles. The molecule has 136 valence electrons. The predicted molar refractivity (Wildman–Crippen MR) is 99.0 cm³/mol. The summed E-state index contributed by atoms with van der Waals surface area (Å²) >= 11 is 1.60. The maximum atomic E-state index is 12.3. The van der Waals surface area contributed by atoms with E-state index < -0.39 is 0 Å². The highest BCUT2D eigenvalue weighted by Crippen LogP contribution is 2.26. The standard InChI is InChI=1S/C17H26N6OS/c1-17(2,3)15-19-12(10-25-15)9-13(24)20-16-21-14(22-23(16)4)11-5-7-18-8-6-11/h10-11,18H,5-9H2,1-4H3,(H,20,21,22,24). The second kappa shape index (κ2) is 7.21. The molecule has 2 N–H and O–H groups in total. The zero-order valence-corrected chi connectivity index (χ0v) is 16.1. The molecule has 0 bridgehead atoms. The van der Waals surface area contributed by atoms with Crippen LogP contribution in [0, 0.1) is 0 Å². The fraction of sp³-hybridized carbons (Fsp3) is 0.647. The van der Waals surface area contributed by atoms with Crippen LogP contribution < -0.4 is 10.6 Å². The molecule has 0 saturated carbocycles. The van der Waals surface area contributed by atoms with Gasteiger partial charge in [0, 0.05) is 23.8 Å². The average Bonchev–Trinajstić information content (AvgIpc) is 3.15. The van der Waals surface area contributed by atoms with E-state index in [1.54, 1.807) is 16.0 Å². The first-order valence-corrected chi connectivity index (χ1v) is 9.57. The van der Waals surface area contributed by atoms with Crippen molar-refractivity contribution in [2.75, 3.05) is 18.4 Å². The third-order valence-corrected chi connectivity index (χ3v) is 5.59. The Bertz CT molecular complexity index is 739. The molecule has 1 amide bonds. The third-order valence-electron chi connectivity index (χ3n) is 4.27. The zero-order chi connectivity index (χ0) is 18.0. The summed E-state index contributed by atoms with van der Waals surface area (Å²) in [5.41, 5.74) is 0.806. The Morgan fingerprint density at radius 2 is 2.08 bits per heavy atom. The van der Waals surface area contributed by atoms with E-state index in [4.69, 9.17) is 0 Å². The van der Waals surface area contributed by atoms with Gasteiger partial charge in [-0.05, 0) is 25.9 Å². The highest BCUT2D eigenvalue weighted by atomic mass is 32.1. The molecule has 1 aliphatic rings. The molecule has 0 aliphatic carbocycles. The Labute approximate surface area is 152 Å². The van der Waals surface area contributed by atoms with Gasteiger partial charge in [-0.1, -0.05) is 20.8 Å². The van der Waals surface area contributed by atoms with Crippen molar-refractivity contribution in [3.8, 4) is 0 Å². The second-order valence-electron chi connectivity index (χ2n) is 7.56. The van der Waals surface area contributed by atoms with Gasteiger partial charge in [0.25, 0.3) is 0 Å². The molecule has 2 aromatic heterocycles. The van der Waals surface area contributed by atoms with Crippen LogP contribution in [0.4, 0.5) is 5.95 Å². The molecule has 0 spiro atoms. The van der Waals surface area contributed by atoms with Gasteiger partial charge in [-0.15, -0.1) is 11.3 Å². The third kappa shape index (κ3) is 4.43. The first-order valence-electron chi connectivity index (χ1n) is 8.69. The number of piperidine rings is 1. The maximum Gasteiger partial charge on any atom is 0.232 e. The summed E-state index contributed by atoms with van der Waals surface area (Å²) in [4.78, 5) is 21.4. The maximum absolute atomic E-state index is 12.3. The van der Waals surface area contributed by atoms with Crippen molar-refractivity contribution in [1.82, 2.24) is 25.1 Å². The predicted octanol–water partition coefficient (Wildman–Crippen LogP) is 2.22. The van der Waals surface area contributed by atoms with E-state index in [1.165, 1.54) is 0 Å². The first-order chi connectivity index (χ1) is 11.8. The Morgan fingerprint density at radius 1 is 1.36 bits per heavy atom. The minimum Gasteiger partial charge on any atom is -0.317 e. The molecular weight excluding hydrogens is 336 g/mol. The molecule has 0 aromatic carbocycles. The van der Waals surface area contributed by atoms with Crippen LogP contribution >= 0.6 is 11.3 Å². The highest BCUT2D eigenvalue weighted by Gasteiger charge is 2.22. The van der Waals surface area contributed by atoms with Gasteiger partial charge in [0.15, 0.2) is 5.82 Å². The van der Waals surface area contributed by atoms with Crippen molar-refractivity contribution in [2.45, 2.75) is 51.4 Å². The van der Waals surface area contributed by atoms with Gasteiger partial charge in [0.1, 0.15) is 0 Å². The summed E-state index contributed by atoms with van der Waals surface area (Å²) in [5.74, 6) is 1.58. The second-order valence-corrected chi connectivity index (χ2v) is 8.42. The number of nitrogens with zero attached hydrogens (tertiary/aromatic N) is 4. The smallest absolute Gasteiger partial charge is 0.232 e. The number of thiazole rings is 1. The summed E-state index contributed by atoms with van der Waals surface area (Å²) in [6.45, 7) is 8.35. The van der Waals surface area contributed by atoms with Gasteiger partial charge in [-0.2, -0.15) is 10.1 Å². The molecule has 8 heteroatoms. The lowest BCUT2D eigenvalue weighted by Gasteiger charge is -2.19. The van der Waals surface area contributed by atoms with Crippen LogP contribution in [-0.4, -0.2) is 38.7 Å². The van der Waals surface area contributed by atoms with Crippen molar-refractivity contribution in [3.63, 3.8) is 0 Å². The van der Waals surface area contributed by atoms with E-state index >= 15 is 0 Å². The van der Waals surface area contributed by atoms with Crippen molar-refractivity contribution in [1.29, 1.82) is 0 Å². The Morgan fingerprint density at radius 3 is 2.72 bits per heavy atom. The topological polar surface area (TPSA) is 84.7 Å². The lowest BCUT2D eigenvalue weighted by Crippen LogP contribution is -2.27. The van der Waals surface area contributed by atoms with E-state index in [0.717, 1.165) is 42.5 Å². The average molecular weight is 363 g/mol. The number of hydrogen-bond donors (Lipinski definition) is 2. The van der Waals surface area contributed by atoms with Gasteiger partial charge >= 0.3 is 0 Å². The molecule has 0 unspecified atom stereocenters. The molecule has 0 atom stereocenters. The molecule has 1 fully saturated rings. The quantitative estimate of drug-likeness (QED) is 0.871. The van der Waals surface area contributed by atoms with Crippen molar-refractivity contribution in [3.05, 3.63) is 21.9 Å². The Balaban J connectivity index is 1.63. The first kappa shape index (κ1) is 18.0. The molecule has 0 radical (unpaired) electrons. The van der Waals surface area contributed by atoms with Crippen LogP contribution in [0.3, 0.4) is 0 Å². The SMILES string of the molecule is Cn1nc(C2CCNCC2)nc1NC(=O)Cc1csc(C(C)(C)C)n1. The normalized spacial score (nSPS) is 16.2. The number of hydrogen-bond acceptors (Lipinski definition) is 6. The number of rotatable bonds is 4. The van der Waals surface area contributed by atoms with Crippen LogP contribution in [0.1, 0.15) is 56.1 Å². The molecular formula is C17H26N6OS. The van der Waals surface area contributed by atoms with Crippen LogP contribution in [0.5, 0.6) is 0 Å². The van der Waals surface area contributed by atoms with Gasteiger partial charge in [0.05, 0.1) is 17.1 Å². The van der Waals surface area contributed by atoms with Crippen molar-refractivity contribution < 1.29 is 4.79 Å². The molecule has 1 saturated heterocycles. The molecule has 2 aromatic rings. The zero-order valence-electron chi connectivity index (χ0n) is 15.3. The number of carbonyl (C=O) groups is 1. The van der Waals surface area contributed by atoms with Crippen LogP contribution in [0.2, 0.25) is 0 Å². The minimum atomic E-state index is -0.113. The number of anilines is 1. The van der Waals surface area contributed by atoms with Crippen molar-refractivity contribution >= 4 is 23.2 Å². The van der Waals surface area contributed by atoms with Gasteiger partial charge in [0.2, 0.25) is 11.9 Å². The molecule has 25 heavy (non-hydrogen) atoms. The van der Waals surface area contributed by atoms with Crippen LogP contribution in [0.15, 0.2) is 5.38 Å². The van der Waals surface area contributed by atoms with E-state index in [9.17, 15) is 4.79 Å². The van der Waals surface area contributed by atoms with Gasteiger partial charge < -0.3 is 5.32 Å². The van der Waals surface area contributed by atoms with Gasteiger partial charge in [-0.25, -0.2) is 9.67 Å². The molecule has 7 nitrogen and oxygen atoms in total. The van der Waals surface area contributed by atoms with E-state index in [2.05, 4.69) is 46.5 Å². The summed E-state index contributed by atoms with van der Waals surface area (Å²) < 4.78 is 1.65. The number of nitrogens with one attached hydrogen (secondary N) is 2.